The van der Waals surface area contributed by atoms with E-state index in [1.54, 1.807) is 23.1 Å². The molecule has 0 radical (unpaired) electrons. The van der Waals surface area contributed by atoms with Crippen LogP contribution < -0.4 is 10.5 Å². The summed E-state index contributed by atoms with van der Waals surface area (Å²) in [6, 6.07) is 6.65. The molecule has 1 amide bonds. The molecule has 3 aromatic rings. The number of nitrogens with zero attached hydrogens (tertiary/aromatic N) is 5. The van der Waals surface area contributed by atoms with Crippen molar-refractivity contribution in [3.05, 3.63) is 61.5 Å². The Morgan fingerprint density at radius 1 is 1.19 bits per heavy atom. The zero-order chi connectivity index (χ0) is 22.1. The Bertz CT molecular complexity index is 1210. The number of aryl methyl sites for hydroxylation is 3. The third-order valence-electron chi connectivity index (χ3n) is 5.77. The zero-order valence-electron chi connectivity index (χ0n) is 17.4. The maximum atomic E-state index is 12.8. The predicted molar refractivity (Wildman–Crippen MR) is 120 cm³/mol. The van der Waals surface area contributed by atoms with Crippen LogP contribution in [0.3, 0.4) is 0 Å². The first-order chi connectivity index (χ1) is 14.9. The van der Waals surface area contributed by atoms with Gasteiger partial charge in [0.05, 0.1) is 16.6 Å². The maximum Gasteiger partial charge on any atom is 0.292 e. The number of para-hydroxylation sites is 2. The van der Waals surface area contributed by atoms with Crippen molar-refractivity contribution in [2.75, 3.05) is 31.1 Å². The van der Waals surface area contributed by atoms with Crippen LogP contribution in [0.15, 0.2) is 35.4 Å². The van der Waals surface area contributed by atoms with E-state index in [1.807, 2.05) is 18.7 Å². The van der Waals surface area contributed by atoms with E-state index in [-0.39, 0.29) is 35.0 Å². The molecule has 0 N–H and O–H groups in total. The van der Waals surface area contributed by atoms with E-state index < -0.39 is 0 Å². The number of piperazine rings is 1. The van der Waals surface area contributed by atoms with Crippen LogP contribution >= 0.6 is 11.3 Å². The van der Waals surface area contributed by atoms with Gasteiger partial charge in [-0.2, -0.15) is 0 Å². The highest BCUT2D eigenvalue weighted by atomic mass is 32.1. The van der Waals surface area contributed by atoms with Gasteiger partial charge in [0.25, 0.3) is 11.2 Å². The average Bonchev–Trinajstić information content (AvgIpc) is 3.07. The molecule has 3 heterocycles. The number of benzene rings is 1. The summed E-state index contributed by atoms with van der Waals surface area (Å²) in [5.41, 5.74) is 1.49. The van der Waals surface area contributed by atoms with Gasteiger partial charge in [-0.1, -0.05) is 12.1 Å². The summed E-state index contributed by atoms with van der Waals surface area (Å²) in [6.07, 6.45) is 1.72. The number of rotatable bonds is 5. The van der Waals surface area contributed by atoms with Gasteiger partial charge in [0, 0.05) is 50.1 Å². The fourth-order valence-corrected chi connectivity index (χ4v) is 4.87. The molecule has 162 valence electrons. The number of fused-ring (bicyclic) bond motifs is 1. The molecule has 0 saturated carbocycles. The van der Waals surface area contributed by atoms with Crippen LogP contribution in [-0.2, 0) is 11.3 Å². The van der Waals surface area contributed by atoms with E-state index in [1.165, 1.54) is 28.3 Å². The van der Waals surface area contributed by atoms with Gasteiger partial charge in [-0.05, 0) is 25.5 Å². The summed E-state index contributed by atoms with van der Waals surface area (Å²) in [7, 11) is 0. The Labute approximate surface area is 182 Å². The normalized spacial score (nSPS) is 14.3. The van der Waals surface area contributed by atoms with Gasteiger partial charge in [-0.15, -0.1) is 11.3 Å². The van der Waals surface area contributed by atoms with E-state index in [0.29, 0.717) is 37.3 Å². The van der Waals surface area contributed by atoms with Gasteiger partial charge >= 0.3 is 0 Å². The fourth-order valence-electron chi connectivity index (χ4n) is 3.89. The molecule has 0 aliphatic carbocycles. The Hall–Kier alpha value is -3.27. The molecule has 0 spiro atoms. The molecule has 1 fully saturated rings. The van der Waals surface area contributed by atoms with Gasteiger partial charge in [0.15, 0.2) is 0 Å². The predicted octanol–water partition coefficient (Wildman–Crippen LogP) is 2.72. The van der Waals surface area contributed by atoms with Gasteiger partial charge in [-0.25, -0.2) is 4.98 Å². The number of anilines is 1. The highest BCUT2D eigenvalue weighted by molar-refractivity contribution is 7.18. The molecular weight excluding hydrogens is 418 g/mol. The lowest BCUT2D eigenvalue weighted by atomic mass is 10.2. The van der Waals surface area contributed by atoms with Crippen molar-refractivity contribution >= 4 is 38.8 Å². The molecule has 1 aliphatic rings. The molecule has 1 aliphatic heterocycles. The number of carbonyl (C=O) groups is 1. The minimum Gasteiger partial charge on any atom is -0.362 e. The minimum atomic E-state index is -0.383. The number of hydrogen-bond donors (Lipinski definition) is 0. The summed E-state index contributed by atoms with van der Waals surface area (Å²) in [6.45, 7) is 6.19. The van der Waals surface area contributed by atoms with Crippen molar-refractivity contribution in [3.8, 4) is 0 Å². The van der Waals surface area contributed by atoms with E-state index in [0.717, 1.165) is 15.3 Å². The van der Waals surface area contributed by atoms with E-state index >= 15 is 0 Å². The largest absolute Gasteiger partial charge is 0.362 e. The summed E-state index contributed by atoms with van der Waals surface area (Å²) >= 11 is 1.50. The third-order valence-corrected chi connectivity index (χ3v) is 6.89. The van der Waals surface area contributed by atoms with Gasteiger partial charge in [0.1, 0.15) is 10.5 Å². The van der Waals surface area contributed by atoms with Crippen molar-refractivity contribution in [1.82, 2.24) is 14.5 Å². The smallest absolute Gasteiger partial charge is 0.292 e. The first-order valence-corrected chi connectivity index (χ1v) is 10.9. The Kier molecular flexibility index (Phi) is 5.73. The van der Waals surface area contributed by atoms with Crippen LogP contribution in [0.1, 0.15) is 16.9 Å². The summed E-state index contributed by atoms with van der Waals surface area (Å²) in [5, 5.41) is 11.9. The Morgan fingerprint density at radius 2 is 1.90 bits per heavy atom. The second kappa shape index (κ2) is 8.46. The van der Waals surface area contributed by atoms with E-state index in [9.17, 15) is 19.7 Å². The lowest BCUT2D eigenvalue weighted by molar-refractivity contribution is -0.384. The summed E-state index contributed by atoms with van der Waals surface area (Å²) in [5.74, 6) is -0.0348. The van der Waals surface area contributed by atoms with Crippen molar-refractivity contribution in [3.63, 3.8) is 0 Å². The summed E-state index contributed by atoms with van der Waals surface area (Å²) < 4.78 is 1.50. The standard InChI is InChI=1S/C21H23N5O4S/c1-14-15(2)31-20-19(14)21(28)25(13-22-20)8-7-18(27)24-11-9-23(10-12-24)16-5-3-4-6-17(16)26(29)30/h3-6,13H,7-12H2,1-2H3. The van der Waals surface area contributed by atoms with Gasteiger partial charge in [-0.3, -0.25) is 24.3 Å². The van der Waals surface area contributed by atoms with E-state index in [2.05, 4.69) is 4.98 Å². The second-order valence-corrected chi connectivity index (χ2v) is 8.77. The molecule has 2 aromatic heterocycles. The zero-order valence-corrected chi connectivity index (χ0v) is 18.2. The van der Waals surface area contributed by atoms with Crippen molar-refractivity contribution in [2.24, 2.45) is 0 Å². The van der Waals surface area contributed by atoms with Crippen molar-refractivity contribution in [1.29, 1.82) is 0 Å². The molecule has 9 nitrogen and oxygen atoms in total. The van der Waals surface area contributed by atoms with Crippen LogP contribution in [0.25, 0.3) is 10.2 Å². The highest BCUT2D eigenvalue weighted by Gasteiger charge is 2.25. The topological polar surface area (TPSA) is 102 Å². The SMILES string of the molecule is Cc1sc2ncn(CCC(=O)N3CCN(c4ccccc4[N+](=O)[O-])CC3)c(=O)c2c1C. The van der Waals surface area contributed by atoms with Crippen LogP contribution in [0, 0.1) is 24.0 Å². The van der Waals surface area contributed by atoms with Crippen molar-refractivity contribution < 1.29 is 9.72 Å². The number of nitro groups is 1. The Morgan fingerprint density at radius 3 is 2.61 bits per heavy atom. The lowest BCUT2D eigenvalue weighted by Crippen LogP contribution is -2.49. The maximum absolute atomic E-state index is 12.8. The van der Waals surface area contributed by atoms with E-state index in [4.69, 9.17) is 0 Å². The third kappa shape index (κ3) is 4.02. The highest BCUT2D eigenvalue weighted by Crippen LogP contribution is 2.28. The average molecular weight is 442 g/mol. The quantitative estimate of drug-likeness (QED) is 0.446. The minimum absolute atomic E-state index is 0.0348. The first-order valence-electron chi connectivity index (χ1n) is 10.1. The van der Waals surface area contributed by atoms with Crippen LogP contribution in [-0.4, -0.2) is 51.5 Å². The van der Waals surface area contributed by atoms with Crippen LogP contribution in [0.5, 0.6) is 0 Å². The molecule has 1 aromatic carbocycles. The monoisotopic (exact) mass is 441 g/mol. The number of amides is 1. The molecular formula is C21H23N5O4S. The number of hydrogen-bond acceptors (Lipinski definition) is 7. The Balaban J connectivity index is 1.39. The van der Waals surface area contributed by atoms with Crippen molar-refractivity contribution in [2.45, 2.75) is 26.8 Å². The molecule has 31 heavy (non-hydrogen) atoms. The lowest BCUT2D eigenvalue weighted by Gasteiger charge is -2.35. The molecule has 1 saturated heterocycles. The number of thiophene rings is 1. The van der Waals surface area contributed by atoms with Gasteiger partial charge in [0.2, 0.25) is 5.91 Å². The molecule has 4 rings (SSSR count). The van der Waals surface area contributed by atoms with Crippen LogP contribution in [0.4, 0.5) is 11.4 Å². The first kappa shape index (κ1) is 21.0. The fraction of sp³-hybridized carbons (Fsp3) is 0.381. The van der Waals surface area contributed by atoms with Gasteiger partial charge < -0.3 is 9.80 Å². The number of aromatic nitrogens is 2. The summed E-state index contributed by atoms with van der Waals surface area (Å²) in [4.78, 5) is 46.2. The number of carbonyl (C=O) groups excluding carboxylic acids is 1. The number of nitro benzene ring substituents is 1. The molecule has 0 unspecified atom stereocenters. The molecule has 0 bridgehead atoms. The molecule has 10 heteroatoms. The second-order valence-electron chi connectivity index (χ2n) is 7.57. The molecule has 0 atom stereocenters. The van der Waals surface area contributed by atoms with Crippen LogP contribution in [0.2, 0.25) is 0 Å².